The Labute approximate surface area is 151 Å². The second-order valence-corrected chi connectivity index (χ2v) is 6.80. The van der Waals surface area contributed by atoms with E-state index in [1.807, 2.05) is 13.0 Å². The van der Waals surface area contributed by atoms with Crippen molar-refractivity contribution in [2.24, 2.45) is 4.99 Å². The number of unbranched alkanes of at least 4 members (excludes halogenated alkanes) is 1. The van der Waals surface area contributed by atoms with Crippen molar-refractivity contribution in [1.82, 2.24) is 15.5 Å². The summed E-state index contributed by atoms with van der Waals surface area (Å²) in [4.78, 5) is 7.10. The van der Waals surface area contributed by atoms with Crippen LogP contribution in [-0.2, 0) is 6.54 Å². The Hall–Kier alpha value is -1.62. The molecule has 4 nitrogen and oxygen atoms in total. The standard InChI is InChI=1S/C20H33FN4/c1-3-22-20(24-16-18-11-4-5-12-19(18)21)23-13-7-9-15-25-14-8-6-10-17(25)2/h4-5,11-12,17H,3,6-10,13-16H2,1-2H3,(H2,22,23,24). The molecule has 1 aromatic rings. The van der Waals surface area contributed by atoms with Gasteiger partial charge in [0.05, 0.1) is 6.54 Å². The van der Waals surface area contributed by atoms with E-state index < -0.39 is 0 Å². The molecule has 1 aliphatic rings. The number of nitrogens with zero attached hydrogens (tertiary/aromatic N) is 2. The zero-order valence-electron chi connectivity index (χ0n) is 15.7. The minimum Gasteiger partial charge on any atom is -0.357 e. The molecule has 0 spiro atoms. The summed E-state index contributed by atoms with van der Waals surface area (Å²) in [6, 6.07) is 7.54. The quantitative estimate of drug-likeness (QED) is 0.429. The summed E-state index contributed by atoms with van der Waals surface area (Å²) < 4.78 is 13.7. The van der Waals surface area contributed by atoms with Crippen LogP contribution in [0.1, 0.15) is 51.5 Å². The highest BCUT2D eigenvalue weighted by atomic mass is 19.1. The molecule has 0 radical (unpaired) electrons. The highest BCUT2D eigenvalue weighted by Crippen LogP contribution is 2.16. The van der Waals surface area contributed by atoms with E-state index in [1.165, 1.54) is 44.8 Å². The Morgan fingerprint density at radius 3 is 2.84 bits per heavy atom. The lowest BCUT2D eigenvalue weighted by atomic mass is 10.0. The highest BCUT2D eigenvalue weighted by molar-refractivity contribution is 5.79. The summed E-state index contributed by atoms with van der Waals surface area (Å²) in [5.41, 5.74) is 0.624. The van der Waals surface area contributed by atoms with Crippen LogP contribution in [0.25, 0.3) is 0 Å². The Bertz CT molecular complexity index is 532. The van der Waals surface area contributed by atoms with Gasteiger partial charge in [0.15, 0.2) is 5.96 Å². The van der Waals surface area contributed by atoms with E-state index >= 15 is 0 Å². The van der Waals surface area contributed by atoms with Gasteiger partial charge in [-0.2, -0.15) is 0 Å². The Morgan fingerprint density at radius 2 is 2.08 bits per heavy atom. The molecule has 0 amide bonds. The van der Waals surface area contributed by atoms with Gasteiger partial charge >= 0.3 is 0 Å². The van der Waals surface area contributed by atoms with Crippen molar-refractivity contribution in [2.45, 2.75) is 58.5 Å². The van der Waals surface area contributed by atoms with E-state index in [9.17, 15) is 4.39 Å². The number of likely N-dealkylation sites (tertiary alicyclic amines) is 1. The van der Waals surface area contributed by atoms with E-state index in [1.54, 1.807) is 12.1 Å². The van der Waals surface area contributed by atoms with Gasteiger partial charge < -0.3 is 15.5 Å². The molecule has 0 saturated carbocycles. The van der Waals surface area contributed by atoms with Gasteiger partial charge in [0.1, 0.15) is 5.82 Å². The first-order chi connectivity index (χ1) is 12.2. The summed E-state index contributed by atoms with van der Waals surface area (Å²) >= 11 is 0. The number of piperidine rings is 1. The minimum atomic E-state index is -0.197. The molecular formula is C20H33FN4. The van der Waals surface area contributed by atoms with Gasteiger partial charge in [-0.3, -0.25) is 0 Å². The fraction of sp³-hybridized carbons (Fsp3) is 0.650. The highest BCUT2D eigenvalue weighted by Gasteiger charge is 2.16. The molecule has 0 aliphatic carbocycles. The predicted octanol–water partition coefficient (Wildman–Crippen LogP) is 3.54. The van der Waals surface area contributed by atoms with E-state index in [2.05, 4.69) is 27.4 Å². The molecule has 2 N–H and O–H groups in total. The molecule has 0 aromatic heterocycles. The lowest BCUT2D eigenvalue weighted by Gasteiger charge is -2.33. The molecule has 1 aliphatic heterocycles. The Morgan fingerprint density at radius 1 is 1.24 bits per heavy atom. The van der Waals surface area contributed by atoms with E-state index in [-0.39, 0.29) is 5.82 Å². The van der Waals surface area contributed by atoms with Gasteiger partial charge in [-0.05, 0) is 58.7 Å². The number of halogens is 1. The lowest BCUT2D eigenvalue weighted by molar-refractivity contribution is 0.158. The maximum absolute atomic E-state index is 13.7. The van der Waals surface area contributed by atoms with Crippen molar-refractivity contribution in [3.63, 3.8) is 0 Å². The first kappa shape index (κ1) is 19.7. The molecule has 1 atom stereocenters. The molecular weight excluding hydrogens is 315 g/mol. The van der Waals surface area contributed by atoms with Crippen molar-refractivity contribution in [2.75, 3.05) is 26.2 Å². The van der Waals surface area contributed by atoms with Crippen LogP contribution < -0.4 is 10.6 Å². The van der Waals surface area contributed by atoms with Crippen LogP contribution in [0.5, 0.6) is 0 Å². The Kier molecular flexibility index (Phi) is 8.73. The molecule has 1 aromatic carbocycles. The number of hydrogen-bond donors (Lipinski definition) is 2. The first-order valence-corrected chi connectivity index (χ1v) is 9.70. The molecule has 140 valence electrons. The van der Waals surface area contributed by atoms with Crippen LogP contribution in [0.2, 0.25) is 0 Å². The van der Waals surface area contributed by atoms with Crippen LogP contribution in [-0.4, -0.2) is 43.1 Å². The SMILES string of the molecule is CCNC(=NCc1ccccc1F)NCCCCN1CCCCC1C. The number of hydrogen-bond acceptors (Lipinski definition) is 2. The van der Waals surface area contributed by atoms with Gasteiger partial charge in [0, 0.05) is 24.7 Å². The fourth-order valence-corrected chi connectivity index (χ4v) is 3.27. The number of aliphatic imine (C=N–C) groups is 1. The topological polar surface area (TPSA) is 39.7 Å². The summed E-state index contributed by atoms with van der Waals surface area (Å²) in [5.74, 6) is 0.565. The van der Waals surface area contributed by atoms with Crippen LogP contribution >= 0.6 is 0 Å². The summed E-state index contributed by atoms with van der Waals surface area (Å²) in [6.07, 6.45) is 6.38. The van der Waals surface area contributed by atoms with Gasteiger partial charge in [0.25, 0.3) is 0 Å². The molecule has 0 bridgehead atoms. The zero-order valence-corrected chi connectivity index (χ0v) is 15.7. The third-order valence-corrected chi connectivity index (χ3v) is 4.81. The van der Waals surface area contributed by atoms with Crippen molar-refractivity contribution in [3.8, 4) is 0 Å². The van der Waals surface area contributed by atoms with Crippen LogP contribution in [0.4, 0.5) is 4.39 Å². The molecule has 2 rings (SSSR count). The summed E-state index contributed by atoms with van der Waals surface area (Å²) in [6.45, 7) is 8.87. The van der Waals surface area contributed by atoms with E-state index in [4.69, 9.17) is 0 Å². The average Bonchev–Trinajstić information content (AvgIpc) is 2.62. The summed E-state index contributed by atoms with van der Waals surface area (Å²) in [7, 11) is 0. The smallest absolute Gasteiger partial charge is 0.191 e. The maximum atomic E-state index is 13.7. The largest absolute Gasteiger partial charge is 0.357 e. The van der Waals surface area contributed by atoms with Gasteiger partial charge in [-0.15, -0.1) is 0 Å². The number of nitrogens with one attached hydrogen (secondary N) is 2. The number of guanidine groups is 1. The Balaban J connectivity index is 1.70. The lowest BCUT2D eigenvalue weighted by Crippen LogP contribution is -2.39. The molecule has 1 fully saturated rings. The van der Waals surface area contributed by atoms with E-state index in [0.29, 0.717) is 12.1 Å². The van der Waals surface area contributed by atoms with Crippen LogP contribution in [0, 0.1) is 5.82 Å². The van der Waals surface area contributed by atoms with Crippen molar-refractivity contribution in [1.29, 1.82) is 0 Å². The normalized spacial score (nSPS) is 19.0. The van der Waals surface area contributed by atoms with Crippen molar-refractivity contribution in [3.05, 3.63) is 35.6 Å². The zero-order chi connectivity index (χ0) is 17.9. The molecule has 1 saturated heterocycles. The average molecular weight is 349 g/mol. The third kappa shape index (κ3) is 7.02. The number of rotatable bonds is 8. The second-order valence-electron chi connectivity index (χ2n) is 6.80. The van der Waals surface area contributed by atoms with Gasteiger partial charge in [-0.1, -0.05) is 24.6 Å². The monoisotopic (exact) mass is 348 g/mol. The predicted molar refractivity (Wildman–Crippen MR) is 103 cm³/mol. The third-order valence-electron chi connectivity index (χ3n) is 4.81. The van der Waals surface area contributed by atoms with Crippen LogP contribution in [0.3, 0.4) is 0 Å². The fourth-order valence-electron chi connectivity index (χ4n) is 3.27. The van der Waals surface area contributed by atoms with E-state index in [0.717, 1.165) is 31.5 Å². The summed E-state index contributed by atoms with van der Waals surface area (Å²) in [5, 5.41) is 6.58. The van der Waals surface area contributed by atoms with Gasteiger partial charge in [-0.25, -0.2) is 9.38 Å². The van der Waals surface area contributed by atoms with Gasteiger partial charge in [0.2, 0.25) is 0 Å². The van der Waals surface area contributed by atoms with Crippen LogP contribution in [0.15, 0.2) is 29.3 Å². The molecule has 5 heteroatoms. The number of benzene rings is 1. The minimum absolute atomic E-state index is 0.197. The van der Waals surface area contributed by atoms with Crippen molar-refractivity contribution >= 4 is 5.96 Å². The first-order valence-electron chi connectivity index (χ1n) is 9.70. The second kappa shape index (κ2) is 11.1. The molecule has 1 heterocycles. The molecule has 1 unspecified atom stereocenters. The molecule has 25 heavy (non-hydrogen) atoms. The van der Waals surface area contributed by atoms with Crippen molar-refractivity contribution < 1.29 is 4.39 Å². The maximum Gasteiger partial charge on any atom is 0.191 e.